The fraction of sp³-hybridized carbons (Fsp3) is 0.278. The van der Waals surface area contributed by atoms with E-state index in [0.29, 0.717) is 10.0 Å². The van der Waals surface area contributed by atoms with Gasteiger partial charge in [-0.05, 0) is 35.2 Å². The largest absolute Gasteiger partial charge is 0.507 e. The maximum atomic E-state index is 12.7. The van der Waals surface area contributed by atoms with Gasteiger partial charge in [0.15, 0.2) is 9.84 Å². The maximum Gasteiger partial charge on any atom is 0.339 e. The first-order chi connectivity index (χ1) is 11.8. The number of halogens is 1. The maximum absolute atomic E-state index is 12.7. The number of hydrogen-bond donors (Lipinski definition) is 3. The molecule has 2 aromatic rings. The number of phenols is 2. The minimum atomic E-state index is -4.03. The molecule has 0 bridgehead atoms. The summed E-state index contributed by atoms with van der Waals surface area (Å²) in [6, 6.07) is 6.81. The monoisotopic (exact) mass is 442 g/mol. The number of carboxylic acid groups (broad SMARTS) is 1. The van der Waals surface area contributed by atoms with Gasteiger partial charge in [0.2, 0.25) is 0 Å². The van der Waals surface area contributed by atoms with E-state index in [1.165, 1.54) is 30.3 Å². The van der Waals surface area contributed by atoms with Crippen molar-refractivity contribution in [3.05, 3.63) is 51.5 Å². The number of carboxylic acids is 1. The highest BCUT2D eigenvalue weighted by Gasteiger charge is 2.26. The van der Waals surface area contributed by atoms with E-state index in [9.17, 15) is 28.5 Å². The van der Waals surface area contributed by atoms with Gasteiger partial charge in [0.25, 0.3) is 0 Å². The van der Waals surface area contributed by atoms with E-state index in [4.69, 9.17) is 0 Å². The molecule has 0 aliphatic carbocycles. The first-order valence-electron chi connectivity index (χ1n) is 7.64. The van der Waals surface area contributed by atoms with Crippen LogP contribution in [0, 0.1) is 0 Å². The van der Waals surface area contributed by atoms with Crippen LogP contribution < -0.4 is 0 Å². The summed E-state index contributed by atoms with van der Waals surface area (Å²) in [5.74, 6) is -3.01. The average Bonchev–Trinajstić information content (AvgIpc) is 2.50. The Morgan fingerprint density at radius 1 is 1.12 bits per heavy atom. The Morgan fingerprint density at radius 2 is 1.73 bits per heavy atom. The molecule has 26 heavy (non-hydrogen) atoms. The summed E-state index contributed by atoms with van der Waals surface area (Å²) in [6.07, 6.45) is 0. The zero-order valence-corrected chi connectivity index (χ0v) is 16.8. The lowest BCUT2D eigenvalue weighted by molar-refractivity contribution is 0.0693. The second-order valence-electron chi connectivity index (χ2n) is 6.96. The van der Waals surface area contributed by atoms with Crippen molar-refractivity contribution in [2.45, 2.75) is 36.8 Å². The Labute approximate surface area is 160 Å². The molecule has 2 rings (SSSR count). The minimum absolute atomic E-state index is 0.0331. The molecule has 0 spiro atoms. The highest BCUT2D eigenvalue weighted by Crippen LogP contribution is 2.35. The van der Waals surface area contributed by atoms with Crippen molar-refractivity contribution in [1.29, 1.82) is 0 Å². The van der Waals surface area contributed by atoms with E-state index in [0.717, 1.165) is 0 Å². The third-order valence-corrected chi connectivity index (χ3v) is 6.07. The van der Waals surface area contributed by atoms with Crippen molar-refractivity contribution in [3.8, 4) is 11.5 Å². The molecular formula is C18H19BrO6S. The first kappa shape index (κ1) is 20.3. The quantitative estimate of drug-likeness (QED) is 0.662. The van der Waals surface area contributed by atoms with Crippen LogP contribution >= 0.6 is 15.9 Å². The number of phenolic OH excluding ortho intramolecular Hbond substituents is 1. The Balaban J connectivity index is 2.63. The molecule has 0 aliphatic heterocycles. The molecule has 6 nitrogen and oxygen atoms in total. The summed E-state index contributed by atoms with van der Waals surface area (Å²) >= 11 is 3.15. The number of sulfone groups is 1. The highest BCUT2D eigenvalue weighted by molar-refractivity contribution is 9.10. The van der Waals surface area contributed by atoms with E-state index in [2.05, 4.69) is 15.9 Å². The van der Waals surface area contributed by atoms with Crippen molar-refractivity contribution < 1.29 is 28.5 Å². The van der Waals surface area contributed by atoms with Crippen LogP contribution in [-0.4, -0.2) is 29.7 Å². The van der Waals surface area contributed by atoms with E-state index in [1.807, 2.05) is 20.8 Å². The number of hydrogen-bond acceptors (Lipinski definition) is 5. The Morgan fingerprint density at radius 3 is 2.27 bits per heavy atom. The van der Waals surface area contributed by atoms with Gasteiger partial charge in [-0.3, -0.25) is 0 Å². The van der Waals surface area contributed by atoms with Crippen LogP contribution in [0.5, 0.6) is 11.5 Å². The number of rotatable bonds is 4. The fourth-order valence-electron chi connectivity index (χ4n) is 2.42. The molecule has 8 heteroatoms. The highest BCUT2D eigenvalue weighted by atomic mass is 79.9. The molecule has 0 radical (unpaired) electrons. The lowest BCUT2D eigenvalue weighted by atomic mass is 9.85. The second-order valence-corrected chi connectivity index (χ2v) is 9.83. The molecule has 0 aromatic heterocycles. The predicted molar refractivity (Wildman–Crippen MR) is 100 cm³/mol. The molecule has 140 valence electrons. The lowest BCUT2D eigenvalue weighted by Crippen LogP contribution is -2.15. The van der Waals surface area contributed by atoms with Gasteiger partial charge in [-0.2, -0.15) is 0 Å². The van der Waals surface area contributed by atoms with Crippen LogP contribution in [0.2, 0.25) is 0 Å². The van der Waals surface area contributed by atoms with Gasteiger partial charge in [0, 0.05) is 10.0 Å². The normalized spacial score (nSPS) is 12.2. The van der Waals surface area contributed by atoms with Crippen LogP contribution in [0.3, 0.4) is 0 Å². The summed E-state index contributed by atoms with van der Waals surface area (Å²) in [5, 5.41) is 29.5. The van der Waals surface area contributed by atoms with Gasteiger partial charge < -0.3 is 15.3 Å². The van der Waals surface area contributed by atoms with Crippen LogP contribution in [-0.2, 0) is 21.0 Å². The fourth-order valence-corrected chi connectivity index (χ4v) is 4.41. The molecule has 0 unspecified atom stereocenters. The average molecular weight is 443 g/mol. The van der Waals surface area contributed by atoms with Gasteiger partial charge in [-0.15, -0.1) is 0 Å². The number of carbonyl (C=O) groups is 1. The van der Waals surface area contributed by atoms with Crippen LogP contribution in [0.1, 0.15) is 42.3 Å². The van der Waals surface area contributed by atoms with Gasteiger partial charge in [-0.1, -0.05) is 42.8 Å². The van der Waals surface area contributed by atoms with Crippen LogP contribution in [0.25, 0.3) is 0 Å². The van der Waals surface area contributed by atoms with Gasteiger partial charge in [-0.25, -0.2) is 13.2 Å². The topological polar surface area (TPSA) is 112 Å². The van der Waals surface area contributed by atoms with E-state index < -0.39 is 38.5 Å². The molecule has 2 aromatic carbocycles. The second kappa shape index (κ2) is 6.92. The summed E-state index contributed by atoms with van der Waals surface area (Å²) in [4.78, 5) is 11.1. The summed E-state index contributed by atoms with van der Waals surface area (Å²) in [7, 11) is -4.03. The Hall–Kier alpha value is -2.06. The zero-order chi connectivity index (χ0) is 19.9. The zero-order valence-electron chi connectivity index (χ0n) is 14.4. The van der Waals surface area contributed by atoms with Crippen molar-refractivity contribution in [1.82, 2.24) is 0 Å². The van der Waals surface area contributed by atoms with Crippen LogP contribution in [0.15, 0.2) is 39.7 Å². The lowest BCUT2D eigenvalue weighted by Gasteiger charge is -2.21. The van der Waals surface area contributed by atoms with Gasteiger partial charge in [0.05, 0.1) is 5.75 Å². The van der Waals surface area contributed by atoms with Crippen LogP contribution in [0.4, 0.5) is 0 Å². The minimum Gasteiger partial charge on any atom is -0.507 e. The van der Waals surface area contributed by atoms with Gasteiger partial charge >= 0.3 is 5.97 Å². The van der Waals surface area contributed by atoms with Crippen molar-refractivity contribution in [2.75, 3.05) is 0 Å². The number of benzene rings is 2. The van der Waals surface area contributed by atoms with Crippen molar-refractivity contribution in [3.63, 3.8) is 0 Å². The molecule has 0 atom stereocenters. The smallest absolute Gasteiger partial charge is 0.339 e. The summed E-state index contributed by atoms with van der Waals surface area (Å²) in [6.45, 7) is 5.55. The summed E-state index contributed by atoms with van der Waals surface area (Å²) < 4.78 is 25.9. The molecule has 0 aliphatic rings. The van der Waals surface area contributed by atoms with E-state index in [1.54, 1.807) is 0 Å². The molecule has 0 heterocycles. The summed E-state index contributed by atoms with van der Waals surface area (Å²) in [5.41, 5.74) is -0.263. The van der Waals surface area contributed by atoms with E-state index in [-0.39, 0.29) is 16.0 Å². The predicted octanol–water partition coefficient (Wildman–Crippen LogP) is 3.83. The van der Waals surface area contributed by atoms with Crippen molar-refractivity contribution >= 4 is 31.7 Å². The third kappa shape index (κ3) is 4.19. The number of aromatic carboxylic acids is 1. The number of aromatic hydroxyl groups is 2. The molecular weight excluding hydrogens is 424 g/mol. The molecule has 0 fully saturated rings. The molecule has 0 amide bonds. The first-order valence-corrected chi connectivity index (χ1v) is 10.1. The molecule has 0 saturated heterocycles. The Kier molecular flexibility index (Phi) is 5.39. The Bertz CT molecular complexity index is 974. The molecule has 0 saturated carbocycles. The SMILES string of the molecule is CC(C)(C)c1cc(CS(=O)(=O)c2cc(Br)ccc2O)c(O)c(C(=O)O)c1. The standard InChI is InChI=1S/C18H19BrO6S/c1-18(2,3)11-6-10(16(21)13(7-11)17(22)23)9-26(24,25)15-8-12(19)4-5-14(15)20/h4-8,20-21H,9H2,1-3H3,(H,22,23). The third-order valence-electron chi connectivity index (χ3n) is 3.89. The van der Waals surface area contributed by atoms with Crippen molar-refractivity contribution in [2.24, 2.45) is 0 Å². The van der Waals surface area contributed by atoms with E-state index >= 15 is 0 Å². The van der Waals surface area contributed by atoms with Gasteiger partial charge in [0.1, 0.15) is 22.0 Å². The molecule has 3 N–H and O–H groups in total.